The predicted molar refractivity (Wildman–Crippen MR) is 79.7 cm³/mol. The minimum absolute atomic E-state index is 0.00682. The van der Waals surface area contributed by atoms with Gasteiger partial charge in [0.25, 0.3) is 0 Å². The maximum absolute atomic E-state index is 12.2. The van der Waals surface area contributed by atoms with Gasteiger partial charge in [-0.1, -0.05) is 0 Å². The van der Waals surface area contributed by atoms with Gasteiger partial charge in [-0.3, -0.25) is 9.69 Å². The van der Waals surface area contributed by atoms with Gasteiger partial charge in [0.2, 0.25) is 0 Å². The van der Waals surface area contributed by atoms with Crippen molar-refractivity contribution >= 4 is 5.97 Å². The average molecular weight is 283 g/mol. The molecule has 2 aliphatic rings. The highest BCUT2D eigenvalue weighted by atomic mass is 16.6. The highest BCUT2D eigenvalue weighted by Gasteiger charge is 2.33. The van der Waals surface area contributed by atoms with Crippen molar-refractivity contribution in [2.75, 3.05) is 46.3 Å². The number of carbonyl (C=O) groups excluding carboxylic acids is 1. The molecule has 0 unspecified atom stereocenters. The summed E-state index contributed by atoms with van der Waals surface area (Å²) in [5, 5.41) is 3.40. The van der Waals surface area contributed by atoms with E-state index in [1.807, 2.05) is 20.8 Å². The molecule has 2 rings (SSSR count). The molecule has 0 spiro atoms. The molecule has 0 amide bonds. The number of rotatable bonds is 2. The van der Waals surface area contributed by atoms with Crippen molar-refractivity contribution in [2.45, 2.75) is 38.8 Å². The topological polar surface area (TPSA) is 44.8 Å². The first-order valence-electron chi connectivity index (χ1n) is 7.71. The minimum atomic E-state index is -0.391. The molecule has 2 fully saturated rings. The summed E-state index contributed by atoms with van der Waals surface area (Å²) in [6.07, 6.45) is 0.922. The number of hydrogen-bond donors (Lipinski definition) is 1. The van der Waals surface area contributed by atoms with Crippen LogP contribution in [-0.2, 0) is 9.53 Å². The lowest BCUT2D eigenvalue weighted by molar-refractivity contribution is -0.161. The second-order valence-corrected chi connectivity index (χ2v) is 7.12. The Labute approximate surface area is 122 Å². The summed E-state index contributed by atoms with van der Waals surface area (Å²) in [5.41, 5.74) is -0.391. The Morgan fingerprint density at radius 2 is 1.80 bits per heavy atom. The van der Waals surface area contributed by atoms with Crippen LogP contribution in [-0.4, -0.2) is 73.7 Å². The zero-order valence-corrected chi connectivity index (χ0v) is 13.3. The average Bonchev–Trinajstić information content (AvgIpc) is 2.38. The Bertz CT molecular complexity index is 333. The summed E-state index contributed by atoms with van der Waals surface area (Å²) in [7, 11) is 2.17. The summed E-state index contributed by atoms with van der Waals surface area (Å²) in [6.45, 7) is 12.0. The van der Waals surface area contributed by atoms with Crippen molar-refractivity contribution in [3.05, 3.63) is 0 Å². The number of piperazine rings is 1. The third-order valence-electron chi connectivity index (χ3n) is 4.12. The fourth-order valence-corrected chi connectivity index (χ4v) is 2.95. The Balaban J connectivity index is 1.86. The molecule has 1 N–H and O–H groups in total. The molecule has 0 aromatic heterocycles. The Kier molecular flexibility index (Phi) is 5.04. The van der Waals surface area contributed by atoms with Crippen molar-refractivity contribution in [3.63, 3.8) is 0 Å². The molecule has 0 bridgehead atoms. The minimum Gasteiger partial charge on any atom is -0.460 e. The van der Waals surface area contributed by atoms with Crippen molar-refractivity contribution in [3.8, 4) is 0 Å². The summed E-state index contributed by atoms with van der Waals surface area (Å²) in [5.74, 6) is -0.0588. The second kappa shape index (κ2) is 6.41. The van der Waals surface area contributed by atoms with E-state index in [-0.39, 0.29) is 11.9 Å². The van der Waals surface area contributed by atoms with Crippen LogP contribution < -0.4 is 5.32 Å². The third kappa shape index (κ3) is 4.43. The van der Waals surface area contributed by atoms with Crippen LogP contribution in [0.2, 0.25) is 0 Å². The van der Waals surface area contributed by atoms with Crippen LogP contribution in [0, 0.1) is 5.92 Å². The van der Waals surface area contributed by atoms with Gasteiger partial charge in [0.05, 0.1) is 5.92 Å². The van der Waals surface area contributed by atoms with E-state index in [2.05, 4.69) is 22.2 Å². The molecular weight excluding hydrogens is 254 g/mol. The van der Waals surface area contributed by atoms with E-state index in [4.69, 9.17) is 4.74 Å². The quantitative estimate of drug-likeness (QED) is 0.750. The van der Waals surface area contributed by atoms with Gasteiger partial charge in [0.1, 0.15) is 5.60 Å². The lowest BCUT2D eigenvalue weighted by Gasteiger charge is -2.41. The van der Waals surface area contributed by atoms with Crippen LogP contribution in [0.25, 0.3) is 0 Å². The number of piperidine rings is 1. The molecule has 0 radical (unpaired) electrons. The standard InChI is InChI=1S/C15H29N3O2/c1-15(2,3)20-14(19)12-9-13(11-16-10-12)18-7-5-17(4)6-8-18/h12-13,16H,5-11H2,1-4H3/t12-,13+/m1/s1. The molecule has 0 aliphatic carbocycles. The molecule has 20 heavy (non-hydrogen) atoms. The number of nitrogens with one attached hydrogen (secondary N) is 1. The monoisotopic (exact) mass is 283 g/mol. The first kappa shape index (κ1) is 15.7. The lowest BCUT2D eigenvalue weighted by Crippen LogP contribution is -2.56. The number of nitrogens with zero attached hydrogens (tertiary/aromatic N) is 2. The van der Waals surface area contributed by atoms with E-state index in [0.29, 0.717) is 6.04 Å². The van der Waals surface area contributed by atoms with Crippen LogP contribution in [0.3, 0.4) is 0 Å². The molecule has 5 nitrogen and oxygen atoms in total. The molecule has 0 aromatic rings. The molecule has 0 saturated carbocycles. The first-order chi connectivity index (χ1) is 9.35. The normalized spacial score (nSPS) is 30.2. The van der Waals surface area contributed by atoms with Crippen molar-refractivity contribution < 1.29 is 9.53 Å². The fraction of sp³-hybridized carbons (Fsp3) is 0.933. The van der Waals surface area contributed by atoms with Gasteiger partial charge in [-0.15, -0.1) is 0 Å². The molecule has 116 valence electrons. The molecule has 2 heterocycles. The maximum Gasteiger partial charge on any atom is 0.310 e. The smallest absolute Gasteiger partial charge is 0.310 e. The zero-order chi connectivity index (χ0) is 14.8. The highest BCUT2D eigenvalue weighted by molar-refractivity contribution is 5.73. The number of likely N-dealkylation sites (N-methyl/N-ethyl adjacent to an activating group) is 1. The van der Waals surface area contributed by atoms with Gasteiger partial charge in [-0.25, -0.2) is 0 Å². The third-order valence-corrected chi connectivity index (χ3v) is 4.12. The van der Waals surface area contributed by atoms with Crippen LogP contribution >= 0.6 is 0 Å². The van der Waals surface area contributed by atoms with E-state index in [1.165, 1.54) is 0 Å². The highest BCUT2D eigenvalue weighted by Crippen LogP contribution is 2.21. The Hall–Kier alpha value is -0.650. The molecular formula is C15H29N3O2. The number of ether oxygens (including phenoxy) is 1. The molecule has 0 aromatic carbocycles. The van der Waals surface area contributed by atoms with E-state index in [9.17, 15) is 4.79 Å². The van der Waals surface area contributed by atoms with E-state index < -0.39 is 5.60 Å². The van der Waals surface area contributed by atoms with Crippen molar-refractivity contribution in [1.29, 1.82) is 0 Å². The number of esters is 1. The molecule has 2 aliphatic heterocycles. The number of carbonyl (C=O) groups is 1. The first-order valence-corrected chi connectivity index (χ1v) is 7.71. The molecule has 2 saturated heterocycles. The Morgan fingerprint density at radius 3 is 2.40 bits per heavy atom. The van der Waals surface area contributed by atoms with Gasteiger partial charge in [-0.05, 0) is 34.2 Å². The number of hydrogen-bond acceptors (Lipinski definition) is 5. The molecule has 5 heteroatoms. The van der Waals surface area contributed by atoms with E-state index >= 15 is 0 Å². The van der Waals surface area contributed by atoms with E-state index in [0.717, 1.165) is 45.7 Å². The van der Waals surface area contributed by atoms with Gasteiger partial charge < -0.3 is 15.0 Å². The molecule has 2 atom stereocenters. The maximum atomic E-state index is 12.2. The van der Waals surface area contributed by atoms with Crippen molar-refractivity contribution in [2.24, 2.45) is 5.92 Å². The van der Waals surface area contributed by atoms with Gasteiger partial charge in [-0.2, -0.15) is 0 Å². The van der Waals surface area contributed by atoms with Crippen LogP contribution in [0.1, 0.15) is 27.2 Å². The SMILES string of the molecule is CN1CCN([C@@H]2CNC[C@H](C(=O)OC(C)(C)C)C2)CC1. The Morgan fingerprint density at radius 1 is 1.15 bits per heavy atom. The van der Waals surface area contributed by atoms with Gasteiger partial charge >= 0.3 is 5.97 Å². The zero-order valence-electron chi connectivity index (χ0n) is 13.3. The summed E-state index contributed by atoms with van der Waals surface area (Å²) >= 11 is 0. The summed E-state index contributed by atoms with van der Waals surface area (Å²) in [4.78, 5) is 17.1. The van der Waals surface area contributed by atoms with Crippen molar-refractivity contribution in [1.82, 2.24) is 15.1 Å². The van der Waals surface area contributed by atoms with Gasteiger partial charge in [0.15, 0.2) is 0 Å². The fourth-order valence-electron chi connectivity index (χ4n) is 2.95. The van der Waals surface area contributed by atoms with Crippen LogP contribution in [0.5, 0.6) is 0 Å². The summed E-state index contributed by atoms with van der Waals surface area (Å²) in [6, 6.07) is 0.468. The predicted octanol–water partition coefficient (Wildman–Crippen LogP) is 0.554. The summed E-state index contributed by atoms with van der Waals surface area (Å²) < 4.78 is 5.52. The van der Waals surface area contributed by atoms with E-state index in [1.54, 1.807) is 0 Å². The lowest BCUT2D eigenvalue weighted by atomic mass is 9.94. The van der Waals surface area contributed by atoms with Gasteiger partial charge in [0, 0.05) is 45.3 Å². The second-order valence-electron chi connectivity index (χ2n) is 7.12. The largest absolute Gasteiger partial charge is 0.460 e. The van der Waals surface area contributed by atoms with Crippen LogP contribution in [0.4, 0.5) is 0 Å². The van der Waals surface area contributed by atoms with Crippen LogP contribution in [0.15, 0.2) is 0 Å².